The van der Waals surface area contributed by atoms with Crippen LogP contribution in [-0.2, 0) is 16.1 Å². The normalized spacial score (nSPS) is 11.1. The van der Waals surface area contributed by atoms with E-state index in [1.807, 2.05) is 30.3 Å². The summed E-state index contributed by atoms with van der Waals surface area (Å²) < 4.78 is 40.7. The number of fused-ring (bicyclic) bond motifs is 1. The van der Waals surface area contributed by atoms with Crippen molar-refractivity contribution < 1.29 is 42.7 Å². The fourth-order valence-electron chi connectivity index (χ4n) is 5.58. The van der Waals surface area contributed by atoms with E-state index < -0.39 is 23.2 Å². The lowest BCUT2D eigenvalue weighted by atomic mass is 9.95. The Morgan fingerprint density at radius 3 is 1.88 bits per heavy atom. The molecule has 1 aromatic heterocycles. The van der Waals surface area contributed by atoms with Gasteiger partial charge in [0.1, 0.15) is 17.9 Å². The SMILES string of the molecule is COC(=O)c1c(-c2cc(OC)c(OC)c(OC)c2)c2cc(OC)c(OCc3ccccc3)cc2c(=O)n1-c1ccc(NC(=O)OC(C)(C)C)cc1. The molecule has 0 aliphatic heterocycles. The van der Waals surface area contributed by atoms with Crippen LogP contribution >= 0.6 is 0 Å². The summed E-state index contributed by atoms with van der Waals surface area (Å²) in [4.78, 5) is 40.9. The second-order valence-electron chi connectivity index (χ2n) is 12.3. The van der Waals surface area contributed by atoms with Crippen molar-refractivity contribution in [1.82, 2.24) is 4.57 Å². The minimum atomic E-state index is -0.794. The molecule has 0 atom stereocenters. The molecule has 12 nitrogen and oxygen atoms in total. The molecule has 5 aromatic rings. The first-order valence-corrected chi connectivity index (χ1v) is 15.9. The summed E-state index contributed by atoms with van der Waals surface area (Å²) in [6, 6.07) is 22.6. The molecule has 1 amide bonds. The Kier molecular flexibility index (Phi) is 10.7. The number of aromatic nitrogens is 1. The fraction of sp³-hybridized carbons (Fsp3) is 0.256. The van der Waals surface area contributed by atoms with Gasteiger partial charge in [-0.15, -0.1) is 0 Å². The van der Waals surface area contributed by atoms with Crippen LogP contribution in [0.3, 0.4) is 0 Å². The molecule has 12 heteroatoms. The number of hydrogen-bond acceptors (Lipinski definition) is 10. The monoisotopic (exact) mass is 696 g/mol. The summed E-state index contributed by atoms with van der Waals surface area (Å²) in [5, 5.41) is 3.27. The Bertz CT molecular complexity index is 2090. The van der Waals surface area contributed by atoms with Gasteiger partial charge in [0.05, 0.1) is 40.9 Å². The molecular weight excluding hydrogens is 656 g/mol. The van der Waals surface area contributed by atoms with Crippen LogP contribution in [0.4, 0.5) is 10.5 Å². The van der Waals surface area contributed by atoms with Gasteiger partial charge < -0.3 is 33.2 Å². The average molecular weight is 697 g/mol. The molecule has 1 heterocycles. The zero-order valence-electron chi connectivity index (χ0n) is 29.7. The highest BCUT2D eigenvalue weighted by atomic mass is 16.6. The van der Waals surface area contributed by atoms with Crippen LogP contribution in [0.25, 0.3) is 27.6 Å². The molecule has 0 aliphatic rings. The molecule has 266 valence electrons. The summed E-state index contributed by atoms with van der Waals surface area (Å²) in [5.74, 6) is 0.830. The van der Waals surface area contributed by atoms with Crippen molar-refractivity contribution in [1.29, 1.82) is 0 Å². The highest BCUT2D eigenvalue weighted by Crippen LogP contribution is 2.45. The summed E-state index contributed by atoms with van der Waals surface area (Å²) in [6.07, 6.45) is -0.643. The number of amides is 1. The lowest BCUT2D eigenvalue weighted by molar-refractivity contribution is 0.0589. The predicted octanol–water partition coefficient (Wildman–Crippen LogP) is 7.40. The topological polar surface area (TPSA) is 133 Å². The van der Waals surface area contributed by atoms with E-state index in [1.165, 1.54) is 40.1 Å². The van der Waals surface area contributed by atoms with Crippen LogP contribution in [0.2, 0.25) is 0 Å². The number of nitrogens with zero attached hydrogens (tertiary/aromatic N) is 1. The van der Waals surface area contributed by atoms with Gasteiger partial charge in [0, 0.05) is 22.3 Å². The average Bonchev–Trinajstić information content (AvgIpc) is 3.12. The van der Waals surface area contributed by atoms with Crippen molar-refractivity contribution in [2.45, 2.75) is 33.0 Å². The number of esters is 1. The standard InChI is InChI=1S/C39H40N2O10/c1-39(2,3)51-38(44)40-25-14-16-26(17-15-25)41-34(37(43)49-8)33(24-18-31(46-5)35(48-7)32(19-24)47-6)27-20-29(45-4)30(21-28(27)36(41)42)50-22-23-12-10-9-11-13-23/h9-21H,22H2,1-8H3,(H,40,44). The Labute approximate surface area is 295 Å². The second-order valence-corrected chi connectivity index (χ2v) is 12.3. The largest absolute Gasteiger partial charge is 0.493 e. The first kappa shape index (κ1) is 36.1. The molecule has 0 aliphatic carbocycles. The number of pyridine rings is 1. The van der Waals surface area contributed by atoms with E-state index in [-0.39, 0.29) is 17.7 Å². The molecule has 0 fully saturated rings. The van der Waals surface area contributed by atoms with Gasteiger partial charge in [-0.1, -0.05) is 30.3 Å². The highest BCUT2D eigenvalue weighted by molar-refractivity contribution is 6.08. The summed E-state index contributed by atoms with van der Waals surface area (Å²) in [6.45, 7) is 5.49. The molecule has 1 N–H and O–H groups in total. The van der Waals surface area contributed by atoms with Gasteiger partial charge in [-0.25, -0.2) is 9.59 Å². The number of anilines is 1. The molecule has 0 saturated carbocycles. The Hall–Kier alpha value is -6.17. The van der Waals surface area contributed by atoms with E-state index in [9.17, 15) is 14.4 Å². The van der Waals surface area contributed by atoms with Crippen molar-refractivity contribution in [2.75, 3.05) is 40.9 Å². The second kappa shape index (κ2) is 15.2. The molecule has 5 rings (SSSR count). The fourth-order valence-corrected chi connectivity index (χ4v) is 5.58. The number of ether oxygens (including phenoxy) is 7. The number of carbonyl (C=O) groups excluding carboxylic acids is 2. The zero-order valence-corrected chi connectivity index (χ0v) is 29.7. The van der Waals surface area contributed by atoms with Crippen LogP contribution in [0.1, 0.15) is 36.8 Å². The number of carbonyl (C=O) groups is 2. The third kappa shape index (κ3) is 7.70. The maximum Gasteiger partial charge on any atom is 0.412 e. The zero-order chi connectivity index (χ0) is 36.9. The number of rotatable bonds is 11. The van der Waals surface area contributed by atoms with Gasteiger partial charge in [0.2, 0.25) is 5.75 Å². The van der Waals surface area contributed by atoms with Crippen molar-refractivity contribution in [2.24, 2.45) is 0 Å². The van der Waals surface area contributed by atoms with Crippen LogP contribution in [0.5, 0.6) is 28.7 Å². The number of hydrogen-bond donors (Lipinski definition) is 1. The Balaban J connectivity index is 1.82. The van der Waals surface area contributed by atoms with Gasteiger partial charge >= 0.3 is 12.1 Å². The minimum Gasteiger partial charge on any atom is -0.493 e. The maximum atomic E-state index is 14.6. The van der Waals surface area contributed by atoms with E-state index in [2.05, 4.69) is 5.32 Å². The third-order valence-electron chi connectivity index (χ3n) is 7.81. The van der Waals surface area contributed by atoms with Gasteiger partial charge in [0.15, 0.2) is 23.0 Å². The minimum absolute atomic E-state index is 0.0860. The van der Waals surface area contributed by atoms with Gasteiger partial charge in [-0.3, -0.25) is 14.7 Å². The van der Waals surface area contributed by atoms with Crippen molar-refractivity contribution in [3.8, 4) is 45.6 Å². The summed E-state index contributed by atoms with van der Waals surface area (Å²) >= 11 is 0. The number of methoxy groups -OCH3 is 5. The smallest absolute Gasteiger partial charge is 0.412 e. The molecule has 51 heavy (non-hydrogen) atoms. The number of nitrogens with one attached hydrogen (secondary N) is 1. The van der Waals surface area contributed by atoms with Crippen molar-refractivity contribution >= 4 is 28.5 Å². The molecule has 0 spiro atoms. The molecule has 4 aromatic carbocycles. The van der Waals surface area contributed by atoms with Gasteiger partial charge in [0.25, 0.3) is 5.56 Å². The van der Waals surface area contributed by atoms with E-state index in [1.54, 1.807) is 69.3 Å². The molecular formula is C39H40N2O10. The summed E-state index contributed by atoms with van der Waals surface area (Å²) in [7, 11) is 7.17. The Morgan fingerprint density at radius 2 is 1.33 bits per heavy atom. The van der Waals surface area contributed by atoms with E-state index in [0.717, 1.165) is 5.56 Å². The predicted molar refractivity (Wildman–Crippen MR) is 193 cm³/mol. The van der Waals surface area contributed by atoms with E-state index in [0.29, 0.717) is 56.6 Å². The van der Waals surface area contributed by atoms with Crippen LogP contribution < -0.4 is 34.6 Å². The first-order chi connectivity index (χ1) is 24.4. The molecule has 0 saturated heterocycles. The highest BCUT2D eigenvalue weighted by Gasteiger charge is 2.28. The number of benzene rings is 4. The van der Waals surface area contributed by atoms with E-state index in [4.69, 9.17) is 33.2 Å². The quantitative estimate of drug-likeness (QED) is 0.139. The lowest BCUT2D eigenvalue weighted by Gasteiger charge is -2.22. The molecule has 0 bridgehead atoms. The van der Waals surface area contributed by atoms with Crippen LogP contribution in [0.15, 0.2) is 83.7 Å². The Morgan fingerprint density at radius 1 is 0.725 bits per heavy atom. The van der Waals surface area contributed by atoms with Gasteiger partial charge in [-0.05, 0) is 80.4 Å². The van der Waals surface area contributed by atoms with Crippen LogP contribution in [0, 0.1) is 0 Å². The van der Waals surface area contributed by atoms with Crippen molar-refractivity contribution in [3.05, 3.63) is 100 Å². The van der Waals surface area contributed by atoms with Gasteiger partial charge in [-0.2, -0.15) is 0 Å². The van der Waals surface area contributed by atoms with Crippen molar-refractivity contribution in [3.63, 3.8) is 0 Å². The lowest BCUT2D eigenvalue weighted by Crippen LogP contribution is -2.27. The molecule has 0 radical (unpaired) electrons. The molecule has 0 unspecified atom stereocenters. The van der Waals surface area contributed by atoms with Crippen LogP contribution in [-0.4, -0.2) is 57.8 Å². The first-order valence-electron chi connectivity index (χ1n) is 15.9. The van der Waals surface area contributed by atoms with E-state index >= 15 is 0 Å². The third-order valence-corrected chi connectivity index (χ3v) is 7.81. The maximum absolute atomic E-state index is 14.6. The summed E-state index contributed by atoms with van der Waals surface area (Å²) in [5.41, 5.74) is 1.08.